The molecule has 0 amide bonds. The number of halogens is 2. The van der Waals surface area contributed by atoms with Gasteiger partial charge in [-0.25, -0.2) is 4.39 Å². The van der Waals surface area contributed by atoms with Crippen molar-refractivity contribution in [1.29, 1.82) is 0 Å². The second kappa shape index (κ2) is 5.96. The van der Waals surface area contributed by atoms with Crippen molar-refractivity contribution < 1.29 is 4.39 Å². The zero-order valence-electron chi connectivity index (χ0n) is 12.1. The fourth-order valence-electron chi connectivity index (χ4n) is 2.11. The van der Waals surface area contributed by atoms with Crippen molar-refractivity contribution >= 4 is 27.3 Å². The van der Waals surface area contributed by atoms with Crippen LogP contribution >= 0.6 is 27.3 Å². The Morgan fingerprint density at radius 2 is 1.90 bits per heavy atom. The third-order valence-corrected chi connectivity index (χ3v) is 5.42. The molecule has 0 fully saturated rings. The lowest BCUT2D eigenvalue weighted by molar-refractivity contribution is 0.574. The highest BCUT2D eigenvalue weighted by molar-refractivity contribution is 9.10. The largest absolute Gasteiger partial charge is 0.309 e. The zero-order chi connectivity index (χ0) is 14.9. The molecular formula is C16H19BrFNS. The lowest BCUT2D eigenvalue weighted by Gasteiger charge is -2.18. The van der Waals surface area contributed by atoms with E-state index < -0.39 is 0 Å². The summed E-state index contributed by atoms with van der Waals surface area (Å²) in [6.45, 7) is 6.57. The first-order chi connectivity index (χ1) is 9.34. The molecule has 0 aliphatic rings. The molecule has 1 N–H and O–H groups in total. The van der Waals surface area contributed by atoms with Crippen molar-refractivity contribution in [2.75, 3.05) is 7.05 Å². The summed E-state index contributed by atoms with van der Waals surface area (Å²) in [5.41, 5.74) is 0.793. The molecule has 0 spiro atoms. The van der Waals surface area contributed by atoms with Crippen LogP contribution in [0.1, 0.15) is 42.1 Å². The van der Waals surface area contributed by atoms with E-state index in [0.717, 1.165) is 4.88 Å². The van der Waals surface area contributed by atoms with Crippen LogP contribution in [-0.4, -0.2) is 7.05 Å². The predicted molar refractivity (Wildman–Crippen MR) is 88.0 cm³/mol. The van der Waals surface area contributed by atoms with Crippen LogP contribution in [-0.2, 0) is 5.41 Å². The normalized spacial score (nSPS) is 13.5. The van der Waals surface area contributed by atoms with Crippen LogP contribution in [0.25, 0.3) is 0 Å². The molecule has 108 valence electrons. The maximum Gasteiger partial charge on any atom is 0.142 e. The Kier molecular flexibility index (Phi) is 4.67. The molecule has 1 atom stereocenters. The summed E-state index contributed by atoms with van der Waals surface area (Å²) in [6, 6.07) is 9.53. The highest BCUT2D eigenvalue weighted by Crippen LogP contribution is 2.36. The van der Waals surface area contributed by atoms with Crippen molar-refractivity contribution in [2.24, 2.45) is 0 Å². The van der Waals surface area contributed by atoms with Crippen molar-refractivity contribution in [3.8, 4) is 0 Å². The van der Waals surface area contributed by atoms with Gasteiger partial charge in [0.1, 0.15) is 5.82 Å². The van der Waals surface area contributed by atoms with Gasteiger partial charge in [0.2, 0.25) is 0 Å². The minimum Gasteiger partial charge on any atom is -0.309 e. The average Bonchev–Trinajstić information content (AvgIpc) is 2.85. The Morgan fingerprint density at radius 3 is 2.45 bits per heavy atom. The predicted octanol–water partition coefficient (Wildman–Crippen LogP) is 5.26. The fraction of sp³-hybridized carbons (Fsp3) is 0.375. The highest BCUT2D eigenvalue weighted by atomic mass is 79.9. The van der Waals surface area contributed by atoms with Gasteiger partial charge in [-0.15, -0.1) is 11.3 Å². The molecule has 4 heteroatoms. The summed E-state index contributed by atoms with van der Waals surface area (Å²) in [4.78, 5) is 2.44. The van der Waals surface area contributed by atoms with Crippen LogP contribution in [0.5, 0.6) is 0 Å². The van der Waals surface area contributed by atoms with E-state index in [1.165, 1.54) is 4.88 Å². The van der Waals surface area contributed by atoms with Crippen molar-refractivity contribution in [3.05, 3.63) is 55.9 Å². The Bertz CT molecular complexity index is 601. The molecule has 0 aliphatic heterocycles. The van der Waals surface area contributed by atoms with Crippen LogP contribution in [0.3, 0.4) is 0 Å². The van der Waals surface area contributed by atoms with E-state index >= 15 is 0 Å². The van der Waals surface area contributed by atoms with Gasteiger partial charge in [-0.05, 0) is 46.6 Å². The molecule has 1 aromatic heterocycles. The van der Waals surface area contributed by atoms with Crippen LogP contribution < -0.4 is 5.32 Å². The van der Waals surface area contributed by atoms with E-state index in [1.807, 2.05) is 19.2 Å². The van der Waals surface area contributed by atoms with Crippen LogP contribution in [0.2, 0.25) is 0 Å². The Labute approximate surface area is 132 Å². The Balaban J connectivity index is 2.43. The number of hydrogen-bond donors (Lipinski definition) is 1. The monoisotopic (exact) mass is 355 g/mol. The standard InChI is InChI=1S/C16H19BrFNS/c1-16(2,3)13-9-8-12(20-13)15(19-4)10-6-5-7-11(17)14(10)18/h5-9,15,19H,1-4H3. The quantitative estimate of drug-likeness (QED) is 0.791. The molecule has 1 aromatic carbocycles. The highest BCUT2D eigenvalue weighted by Gasteiger charge is 2.22. The summed E-state index contributed by atoms with van der Waals surface area (Å²) in [6.07, 6.45) is 0. The summed E-state index contributed by atoms with van der Waals surface area (Å²) in [5, 5.41) is 3.22. The van der Waals surface area contributed by atoms with E-state index in [1.54, 1.807) is 17.4 Å². The van der Waals surface area contributed by atoms with Gasteiger partial charge in [0, 0.05) is 15.3 Å². The fourth-order valence-corrected chi connectivity index (χ4v) is 3.68. The molecule has 0 bridgehead atoms. The van der Waals surface area contributed by atoms with Gasteiger partial charge in [0.15, 0.2) is 0 Å². The van der Waals surface area contributed by atoms with Gasteiger partial charge in [0.25, 0.3) is 0 Å². The Hall–Kier alpha value is -0.710. The van der Waals surface area contributed by atoms with Crippen LogP contribution in [0, 0.1) is 5.82 Å². The summed E-state index contributed by atoms with van der Waals surface area (Å²) >= 11 is 4.99. The lowest BCUT2D eigenvalue weighted by atomic mass is 9.95. The number of rotatable bonds is 3. The second-order valence-electron chi connectivity index (χ2n) is 5.82. The molecule has 2 aromatic rings. The minimum atomic E-state index is -0.197. The molecule has 1 heterocycles. The lowest BCUT2D eigenvalue weighted by Crippen LogP contribution is -2.18. The number of hydrogen-bond acceptors (Lipinski definition) is 2. The van der Waals surface area contributed by atoms with Gasteiger partial charge >= 0.3 is 0 Å². The van der Waals surface area contributed by atoms with E-state index in [9.17, 15) is 4.39 Å². The van der Waals surface area contributed by atoms with E-state index in [4.69, 9.17) is 0 Å². The third-order valence-electron chi connectivity index (χ3n) is 3.23. The molecule has 0 radical (unpaired) electrons. The molecular weight excluding hydrogens is 337 g/mol. The summed E-state index contributed by atoms with van der Waals surface area (Å²) < 4.78 is 14.8. The first-order valence-electron chi connectivity index (χ1n) is 6.56. The average molecular weight is 356 g/mol. The smallest absolute Gasteiger partial charge is 0.142 e. The third kappa shape index (κ3) is 3.13. The maximum atomic E-state index is 14.3. The Morgan fingerprint density at radius 1 is 1.20 bits per heavy atom. The van der Waals surface area contributed by atoms with E-state index in [2.05, 4.69) is 54.2 Å². The minimum absolute atomic E-state index is 0.117. The van der Waals surface area contributed by atoms with Gasteiger partial charge < -0.3 is 5.32 Å². The van der Waals surface area contributed by atoms with Gasteiger partial charge in [-0.1, -0.05) is 32.9 Å². The molecule has 0 saturated carbocycles. The topological polar surface area (TPSA) is 12.0 Å². The summed E-state index contributed by atoms with van der Waals surface area (Å²) in [7, 11) is 1.86. The van der Waals surface area contributed by atoms with Gasteiger partial charge in [-0.3, -0.25) is 0 Å². The molecule has 1 unspecified atom stereocenters. The van der Waals surface area contributed by atoms with Crippen molar-refractivity contribution in [3.63, 3.8) is 0 Å². The van der Waals surface area contributed by atoms with E-state index in [0.29, 0.717) is 10.0 Å². The second-order valence-corrected chi connectivity index (χ2v) is 7.79. The number of benzene rings is 1. The maximum absolute atomic E-state index is 14.3. The summed E-state index contributed by atoms with van der Waals surface area (Å²) in [5.74, 6) is -0.197. The first kappa shape index (κ1) is 15.7. The molecule has 20 heavy (non-hydrogen) atoms. The zero-order valence-corrected chi connectivity index (χ0v) is 14.5. The van der Waals surface area contributed by atoms with Gasteiger partial charge in [-0.2, -0.15) is 0 Å². The molecule has 1 nitrogen and oxygen atoms in total. The molecule has 0 aliphatic carbocycles. The van der Waals surface area contributed by atoms with Crippen LogP contribution in [0.4, 0.5) is 4.39 Å². The van der Waals surface area contributed by atoms with Gasteiger partial charge in [0.05, 0.1) is 10.5 Å². The van der Waals surface area contributed by atoms with Crippen LogP contribution in [0.15, 0.2) is 34.8 Å². The number of nitrogens with one attached hydrogen (secondary N) is 1. The molecule has 2 rings (SSSR count). The van der Waals surface area contributed by atoms with Crippen molar-refractivity contribution in [1.82, 2.24) is 5.32 Å². The van der Waals surface area contributed by atoms with Crippen molar-refractivity contribution in [2.45, 2.75) is 32.2 Å². The first-order valence-corrected chi connectivity index (χ1v) is 8.17. The SMILES string of the molecule is CNC(c1ccc(C(C)(C)C)s1)c1cccc(Br)c1F. The molecule has 0 saturated heterocycles. The van der Waals surface area contributed by atoms with E-state index in [-0.39, 0.29) is 17.3 Å². The number of thiophene rings is 1.